The van der Waals surface area contributed by atoms with Gasteiger partial charge in [0, 0.05) is 6.42 Å². The van der Waals surface area contributed by atoms with Crippen LogP contribution in [0.1, 0.15) is 25.6 Å². The SMILES string of the molecule is CCCCc1nnc(SCC(=O)O)n1N. The zero-order valence-corrected chi connectivity index (χ0v) is 9.33. The smallest absolute Gasteiger partial charge is 0.313 e. The molecule has 0 atom stereocenters. The summed E-state index contributed by atoms with van der Waals surface area (Å²) in [6.45, 7) is 2.08. The fourth-order valence-electron chi connectivity index (χ4n) is 1.04. The lowest BCUT2D eigenvalue weighted by Crippen LogP contribution is -2.14. The van der Waals surface area contributed by atoms with Crippen LogP contribution in [0.25, 0.3) is 0 Å². The number of nitrogens with zero attached hydrogens (tertiary/aromatic N) is 3. The molecule has 7 heteroatoms. The molecule has 84 valence electrons. The van der Waals surface area contributed by atoms with Crippen LogP contribution in [-0.4, -0.2) is 31.7 Å². The first-order valence-electron chi connectivity index (χ1n) is 4.69. The number of aromatic nitrogens is 3. The molecule has 0 unspecified atom stereocenters. The van der Waals surface area contributed by atoms with Crippen molar-refractivity contribution in [1.82, 2.24) is 14.9 Å². The normalized spacial score (nSPS) is 10.5. The summed E-state index contributed by atoms with van der Waals surface area (Å²) >= 11 is 1.07. The number of rotatable bonds is 6. The van der Waals surface area contributed by atoms with Crippen LogP contribution in [0.5, 0.6) is 0 Å². The summed E-state index contributed by atoms with van der Waals surface area (Å²) < 4.78 is 1.36. The Morgan fingerprint density at radius 3 is 2.93 bits per heavy atom. The number of nitrogens with two attached hydrogens (primary N) is 1. The zero-order chi connectivity index (χ0) is 11.3. The van der Waals surface area contributed by atoms with Crippen molar-refractivity contribution in [1.29, 1.82) is 0 Å². The number of hydrogen-bond donors (Lipinski definition) is 2. The molecule has 0 aromatic carbocycles. The minimum absolute atomic E-state index is 0.0525. The van der Waals surface area contributed by atoms with Crippen LogP contribution in [0, 0.1) is 0 Å². The van der Waals surface area contributed by atoms with Crippen LogP contribution >= 0.6 is 11.8 Å². The van der Waals surface area contributed by atoms with E-state index in [4.69, 9.17) is 10.9 Å². The van der Waals surface area contributed by atoms with Gasteiger partial charge < -0.3 is 10.9 Å². The minimum atomic E-state index is -0.891. The summed E-state index contributed by atoms with van der Waals surface area (Å²) in [6.07, 6.45) is 2.83. The Morgan fingerprint density at radius 1 is 1.60 bits per heavy atom. The van der Waals surface area contributed by atoms with E-state index in [0.29, 0.717) is 11.0 Å². The minimum Gasteiger partial charge on any atom is -0.481 e. The van der Waals surface area contributed by atoms with E-state index >= 15 is 0 Å². The van der Waals surface area contributed by atoms with Crippen molar-refractivity contribution in [3.05, 3.63) is 5.82 Å². The highest BCUT2D eigenvalue weighted by molar-refractivity contribution is 7.99. The molecule has 3 N–H and O–H groups in total. The standard InChI is InChI=1S/C8H14N4O2S/c1-2-3-4-6-10-11-8(12(6)9)15-5-7(13)14/h2-5,9H2,1H3,(H,13,14). The van der Waals surface area contributed by atoms with Crippen molar-refractivity contribution in [3.63, 3.8) is 0 Å². The maximum atomic E-state index is 10.3. The fourth-order valence-corrected chi connectivity index (χ4v) is 1.63. The number of carbonyl (C=O) groups is 1. The molecule has 0 bridgehead atoms. The maximum Gasteiger partial charge on any atom is 0.313 e. The number of carboxylic acids is 1. The van der Waals surface area contributed by atoms with Gasteiger partial charge in [0.15, 0.2) is 5.82 Å². The highest BCUT2D eigenvalue weighted by Gasteiger charge is 2.10. The van der Waals surface area contributed by atoms with Crippen LogP contribution in [0.15, 0.2) is 5.16 Å². The molecule has 0 spiro atoms. The number of aliphatic carboxylic acids is 1. The molecule has 0 radical (unpaired) electrons. The van der Waals surface area contributed by atoms with Gasteiger partial charge in [-0.15, -0.1) is 10.2 Å². The number of nitrogen functional groups attached to an aromatic ring is 1. The molecular weight excluding hydrogens is 216 g/mol. The van der Waals surface area contributed by atoms with Gasteiger partial charge in [-0.3, -0.25) is 4.79 Å². The number of carboxylic acid groups (broad SMARTS) is 1. The molecule has 6 nitrogen and oxygen atoms in total. The Kier molecular flexibility index (Phi) is 4.41. The highest BCUT2D eigenvalue weighted by atomic mass is 32.2. The van der Waals surface area contributed by atoms with Crippen molar-refractivity contribution in [2.24, 2.45) is 0 Å². The second-order valence-corrected chi connectivity index (χ2v) is 4.00. The topological polar surface area (TPSA) is 94.0 Å². The quantitative estimate of drug-likeness (QED) is 0.546. The predicted octanol–water partition coefficient (Wildman–Crippen LogP) is 0.511. The molecule has 1 rings (SSSR count). The van der Waals surface area contributed by atoms with Crippen LogP contribution in [0.2, 0.25) is 0 Å². The molecular formula is C8H14N4O2S. The van der Waals surface area contributed by atoms with Gasteiger partial charge >= 0.3 is 5.97 Å². The first kappa shape index (κ1) is 11.8. The lowest BCUT2D eigenvalue weighted by molar-refractivity contribution is -0.133. The first-order valence-corrected chi connectivity index (χ1v) is 5.67. The average Bonchev–Trinajstić information content (AvgIpc) is 2.54. The van der Waals surface area contributed by atoms with Crippen LogP contribution in [-0.2, 0) is 11.2 Å². The predicted molar refractivity (Wildman–Crippen MR) is 57.1 cm³/mol. The van der Waals surface area contributed by atoms with Crippen molar-refractivity contribution < 1.29 is 9.90 Å². The Balaban J connectivity index is 2.58. The number of hydrogen-bond acceptors (Lipinski definition) is 5. The molecule has 0 aliphatic carbocycles. The van der Waals surface area contributed by atoms with E-state index in [0.717, 1.165) is 31.0 Å². The van der Waals surface area contributed by atoms with Gasteiger partial charge in [0.25, 0.3) is 0 Å². The van der Waals surface area contributed by atoms with E-state index in [-0.39, 0.29) is 5.75 Å². The molecule has 0 fully saturated rings. The Labute approximate surface area is 91.8 Å². The van der Waals surface area contributed by atoms with Gasteiger partial charge in [0.2, 0.25) is 5.16 Å². The van der Waals surface area contributed by atoms with E-state index < -0.39 is 5.97 Å². The fraction of sp³-hybridized carbons (Fsp3) is 0.625. The molecule has 15 heavy (non-hydrogen) atoms. The number of aryl methyl sites for hydroxylation is 1. The van der Waals surface area contributed by atoms with Crippen molar-refractivity contribution >= 4 is 17.7 Å². The van der Waals surface area contributed by atoms with E-state index in [9.17, 15) is 4.79 Å². The lowest BCUT2D eigenvalue weighted by Gasteiger charge is -2.01. The molecule has 1 aromatic heterocycles. The van der Waals surface area contributed by atoms with Crippen LogP contribution in [0.3, 0.4) is 0 Å². The third-order valence-electron chi connectivity index (χ3n) is 1.81. The Bertz CT molecular complexity index is 339. The largest absolute Gasteiger partial charge is 0.481 e. The van der Waals surface area contributed by atoms with Gasteiger partial charge in [-0.05, 0) is 6.42 Å². The first-order chi connectivity index (χ1) is 7.15. The third kappa shape index (κ3) is 3.43. The molecule has 0 aliphatic heterocycles. The molecule has 0 amide bonds. The lowest BCUT2D eigenvalue weighted by atomic mass is 10.2. The van der Waals surface area contributed by atoms with E-state index in [1.54, 1.807) is 0 Å². The Hall–Kier alpha value is -1.24. The average molecular weight is 230 g/mol. The maximum absolute atomic E-state index is 10.3. The van der Waals surface area contributed by atoms with E-state index in [1.165, 1.54) is 4.68 Å². The van der Waals surface area contributed by atoms with Crippen molar-refractivity contribution in [2.45, 2.75) is 31.3 Å². The van der Waals surface area contributed by atoms with E-state index in [2.05, 4.69) is 17.1 Å². The second kappa shape index (κ2) is 5.59. The number of thioether (sulfide) groups is 1. The van der Waals surface area contributed by atoms with Gasteiger partial charge in [-0.2, -0.15) is 0 Å². The second-order valence-electron chi connectivity index (χ2n) is 3.05. The van der Waals surface area contributed by atoms with Gasteiger partial charge in [0.1, 0.15) is 0 Å². The molecule has 1 aromatic rings. The summed E-state index contributed by atoms with van der Waals surface area (Å²) in [4.78, 5) is 10.3. The molecule has 1 heterocycles. The summed E-state index contributed by atoms with van der Waals surface area (Å²) in [7, 11) is 0. The van der Waals surface area contributed by atoms with Gasteiger partial charge in [-0.1, -0.05) is 25.1 Å². The zero-order valence-electron chi connectivity index (χ0n) is 8.51. The van der Waals surface area contributed by atoms with Crippen LogP contribution < -0.4 is 5.84 Å². The van der Waals surface area contributed by atoms with E-state index in [1.807, 2.05) is 0 Å². The summed E-state index contributed by atoms with van der Waals surface area (Å²) in [6, 6.07) is 0. The monoisotopic (exact) mass is 230 g/mol. The molecule has 0 saturated heterocycles. The third-order valence-corrected chi connectivity index (χ3v) is 2.74. The van der Waals surface area contributed by atoms with Crippen LogP contribution in [0.4, 0.5) is 0 Å². The summed E-state index contributed by atoms with van der Waals surface area (Å²) in [5, 5.41) is 16.7. The summed E-state index contributed by atoms with van der Waals surface area (Å²) in [5.41, 5.74) is 0. The van der Waals surface area contributed by atoms with Gasteiger partial charge in [-0.25, -0.2) is 4.68 Å². The van der Waals surface area contributed by atoms with Crippen molar-refractivity contribution in [3.8, 4) is 0 Å². The summed E-state index contributed by atoms with van der Waals surface area (Å²) in [5.74, 6) is 5.46. The number of unbranched alkanes of at least 4 members (excludes halogenated alkanes) is 1. The molecule has 0 saturated carbocycles. The highest BCUT2D eigenvalue weighted by Crippen LogP contribution is 2.14. The van der Waals surface area contributed by atoms with Crippen molar-refractivity contribution in [2.75, 3.05) is 11.6 Å². The van der Waals surface area contributed by atoms with Gasteiger partial charge in [0.05, 0.1) is 5.75 Å². The molecule has 0 aliphatic rings. The Morgan fingerprint density at radius 2 is 2.33 bits per heavy atom.